The van der Waals surface area contributed by atoms with Crippen molar-refractivity contribution in [2.24, 2.45) is 0 Å². The predicted octanol–water partition coefficient (Wildman–Crippen LogP) is 4.40. The van der Waals surface area contributed by atoms with Crippen LogP contribution < -0.4 is 4.74 Å². The van der Waals surface area contributed by atoms with E-state index in [9.17, 15) is 10.1 Å². The second-order valence-electron chi connectivity index (χ2n) is 3.76. The number of nitro groups is 1. The van der Waals surface area contributed by atoms with E-state index in [1.54, 1.807) is 11.6 Å². The molecule has 0 saturated carbocycles. The summed E-state index contributed by atoms with van der Waals surface area (Å²) in [4.78, 5) is 15.1. The number of fused-ring (bicyclic) bond motifs is 1. The van der Waals surface area contributed by atoms with Crippen LogP contribution in [0, 0.1) is 10.1 Å². The van der Waals surface area contributed by atoms with E-state index < -0.39 is 4.92 Å². The molecule has 0 aliphatic heterocycles. The van der Waals surface area contributed by atoms with Crippen LogP contribution in [0.5, 0.6) is 11.6 Å². The van der Waals surface area contributed by atoms with E-state index in [0.717, 1.165) is 0 Å². The minimum Gasteiger partial charge on any atom is -0.432 e. The summed E-state index contributed by atoms with van der Waals surface area (Å²) < 4.78 is 6.79. The molecule has 0 aliphatic rings. The molecule has 0 amide bonds. The minimum atomic E-state index is -0.547. The zero-order valence-corrected chi connectivity index (χ0v) is 11.9. The van der Waals surface area contributed by atoms with Crippen LogP contribution >= 0.6 is 34.5 Å². The molecule has 1 aromatic carbocycles. The number of nitrogens with zero attached hydrogens (tertiary/aromatic N) is 3. The van der Waals surface area contributed by atoms with Crippen molar-refractivity contribution < 1.29 is 9.66 Å². The first kappa shape index (κ1) is 13.2. The molecular formula is C11H5Cl2N3O3S. The van der Waals surface area contributed by atoms with Crippen molar-refractivity contribution in [2.45, 2.75) is 0 Å². The fraction of sp³-hybridized carbons (Fsp3) is 0. The summed E-state index contributed by atoms with van der Waals surface area (Å²) >= 11 is 13.0. The number of imidazole rings is 1. The van der Waals surface area contributed by atoms with Gasteiger partial charge in [-0.2, -0.15) is 9.38 Å². The van der Waals surface area contributed by atoms with Crippen LogP contribution in [0.15, 0.2) is 29.8 Å². The highest BCUT2D eigenvalue weighted by Crippen LogP contribution is 2.35. The molecule has 20 heavy (non-hydrogen) atoms. The molecule has 3 aromatic rings. The Balaban J connectivity index is 2.07. The summed E-state index contributed by atoms with van der Waals surface area (Å²) in [5.74, 6) is -0.0473. The SMILES string of the molecule is O=[N+]([O-])c1c(Oc2cc(Cl)cc(Cl)c2)nc2sccn12. The summed E-state index contributed by atoms with van der Waals surface area (Å²) in [6, 6.07) is 4.55. The van der Waals surface area contributed by atoms with Gasteiger partial charge in [-0.15, -0.1) is 0 Å². The van der Waals surface area contributed by atoms with Crippen molar-refractivity contribution in [2.75, 3.05) is 0 Å². The molecule has 2 aromatic heterocycles. The van der Waals surface area contributed by atoms with E-state index in [4.69, 9.17) is 27.9 Å². The van der Waals surface area contributed by atoms with Gasteiger partial charge in [0.2, 0.25) is 0 Å². The molecule has 0 spiro atoms. The summed E-state index contributed by atoms with van der Waals surface area (Å²) in [5.41, 5.74) is 0. The van der Waals surface area contributed by atoms with E-state index in [0.29, 0.717) is 15.0 Å². The number of hydrogen-bond acceptors (Lipinski definition) is 5. The molecule has 2 heterocycles. The zero-order valence-electron chi connectivity index (χ0n) is 9.62. The van der Waals surface area contributed by atoms with Gasteiger partial charge in [0, 0.05) is 15.4 Å². The lowest BCUT2D eigenvalue weighted by Crippen LogP contribution is -1.95. The van der Waals surface area contributed by atoms with Crippen molar-refractivity contribution in [1.29, 1.82) is 0 Å². The van der Waals surface area contributed by atoms with Gasteiger partial charge in [0.25, 0.3) is 4.96 Å². The van der Waals surface area contributed by atoms with Gasteiger partial charge in [-0.05, 0) is 23.1 Å². The van der Waals surface area contributed by atoms with Crippen molar-refractivity contribution in [1.82, 2.24) is 9.38 Å². The van der Waals surface area contributed by atoms with E-state index >= 15 is 0 Å². The molecule has 0 N–H and O–H groups in total. The maximum atomic E-state index is 11.1. The van der Waals surface area contributed by atoms with Crippen molar-refractivity contribution in [3.63, 3.8) is 0 Å². The number of ether oxygens (including phenoxy) is 1. The smallest absolute Gasteiger partial charge is 0.393 e. The number of aromatic nitrogens is 2. The van der Waals surface area contributed by atoms with E-state index in [1.807, 2.05) is 0 Å². The van der Waals surface area contributed by atoms with Crippen LogP contribution in [-0.2, 0) is 0 Å². The third-order valence-electron chi connectivity index (χ3n) is 2.43. The van der Waals surface area contributed by atoms with Crippen molar-refractivity contribution in [3.05, 3.63) is 49.9 Å². The third-order valence-corrected chi connectivity index (χ3v) is 3.62. The number of halogens is 2. The molecule has 102 valence electrons. The monoisotopic (exact) mass is 329 g/mol. The molecule has 0 unspecified atom stereocenters. The lowest BCUT2D eigenvalue weighted by Gasteiger charge is -2.03. The Labute approximate surface area is 126 Å². The number of hydrogen-bond donors (Lipinski definition) is 0. The van der Waals surface area contributed by atoms with Gasteiger partial charge in [-0.3, -0.25) is 0 Å². The first-order valence-electron chi connectivity index (χ1n) is 5.28. The molecule has 9 heteroatoms. The van der Waals surface area contributed by atoms with Gasteiger partial charge in [-0.1, -0.05) is 34.5 Å². The van der Waals surface area contributed by atoms with Crippen LogP contribution in [0.3, 0.4) is 0 Å². The third kappa shape index (κ3) is 2.31. The van der Waals surface area contributed by atoms with Crippen LogP contribution in [-0.4, -0.2) is 14.3 Å². The topological polar surface area (TPSA) is 69.7 Å². The lowest BCUT2D eigenvalue weighted by molar-refractivity contribution is -0.391. The maximum Gasteiger partial charge on any atom is 0.393 e. The van der Waals surface area contributed by atoms with Gasteiger partial charge in [0.15, 0.2) is 0 Å². The predicted molar refractivity (Wildman–Crippen MR) is 76.3 cm³/mol. The van der Waals surface area contributed by atoms with Crippen LogP contribution in [0.4, 0.5) is 5.82 Å². The molecule has 0 atom stereocenters. The summed E-state index contributed by atoms with van der Waals surface area (Å²) in [6.45, 7) is 0. The largest absolute Gasteiger partial charge is 0.432 e. The number of benzene rings is 1. The van der Waals surface area contributed by atoms with Crippen molar-refractivity contribution >= 4 is 45.3 Å². The molecule has 0 radical (unpaired) electrons. The van der Waals surface area contributed by atoms with Crippen molar-refractivity contribution in [3.8, 4) is 11.6 Å². The molecule has 3 rings (SSSR count). The van der Waals surface area contributed by atoms with Gasteiger partial charge in [0.05, 0.1) is 0 Å². The highest BCUT2D eigenvalue weighted by molar-refractivity contribution is 7.15. The van der Waals surface area contributed by atoms with Crippen LogP contribution in [0.1, 0.15) is 0 Å². The van der Waals surface area contributed by atoms with Crippen LogP contribution in [0.25, 0.3) is 4.96 Å². The number of thiazole rings is 1. The second-order valence-corrected chi connectivity index (χ2v) is 5.51. The standard InChI is InChI=1S/C11H5Cl2N3O3S/c12-6-3-7(13)5-8(4-6)19-9-10(16(17)18)15-1-2-20-11(15)14-9/h1-5H. The molecular weight excluding hydrogens is 325 g/mol. The lowest BCUT2D eigenvalue weighted by atomic mass is 10.3. The maximum absolute atomic E-state index is 11.1. The van der Waals surface area contributed by atoms with Crippen LogP contribution in [0.2, 0.25) is 10.0 Å². The fourth-order valence-electron chi connectivity index (χ4n) is 1.69. The fourth-order valence-corrected chi connectivity index (χ4v) is 2.89. The Hall–Kier alpha value is -1.83. The normalized spacial score (nSPS) is 10.9. The Morgan fingerprint density at radius 1 is 1.30 bits per heavy atom. The first-order valence-corrected chi connectivity index (χ1v) is 6.92. The van der Waals surface area contributed by atoms with E-state index in [2.05, 4.69) is 4.98 Å². The molecule has 0 fully saturated rings. The second kappa shape index (κ2) is 4.93. The highest BCUT2D eigenvalue weighted by atomic mass is 35.5. The summed E-state index contributed by atoms with van der Waals surface area (Å²) in [7, 11) is 0. The molecule has 6 nitrogen and oxygen atoms in total. The van der Waals surface area contributed by atoms with E-state index in [-0.39, 0.29) is 17.4 Å². The minimum absolute atomic E-state index is 0.0971. The molecule has 0 saturated heterocycles. The van der Waals surface area contributed by atoms with E-state index in [1.165, 1.54) is 33.9 Å². The first-order chi connectivity index (χ1) is 9.54. The average Bonchev–Trinajstić information content (AvgIpc) is 2.86. The van der Waals surface area contributed by atoms with Gasteiger partial charge in [0.1, 0.15) is 11.9 Å². The Kier molecular flexibility index (Phi) is 3.25. The molecule has 0 bridgehead atoms. The quantitative estimate of drug-likeness (QED) is 0.527. The van der Waals surface area contributed by atoms with Gasteiger partial charge >= 0.3 is 11.7 Å². The zero-order chi connectivity index (χ0) is 14.3. The van der Waals surface area contributed by atoms with Gasteiger partial charge in [-0.25, -0.2) is 0 Å². The average molecular weight is 330 g/mol. The Morgan fingerprint density at radius 3 is 2.65 bits per heavy atom. The summed E-state index contributed by atoms with van der Waals surface area (Å²) in [6.07, 6.45) is 1.56. The summed E-state index contributed by atoms with van der Waals surface area (Å²) in [5, 5.41) is 13.6. The Bertz CT molecular complexity index is 794. The van der Waals surface area contributed by atoms with Gasteiger partial charge < -0.3 is 14.9 Å². The Morgan fingerprint density at radius 2 is 2.00 bits per heavy atom. The number of rotatable bonds is 3. The molecule has 0 aliphatic carbocycles. The highest BCUT2D eigenvalue weighted by Gasteiger charge is 2.25.